The Labute approximate surface area is 113 Å². The SMILES string of the molecule is CCN(CCCO)S(=O)(=O)c1ccc(CCl)cc1. The molecule has 0 aromatic heterocycles. The van der Waals surface area contributed by atoms with Crippen molar-refractivity contribution in [1.29, 1.82) is 0 Å². The Balaban J connectivity index is 2.95. The lowest BCUT2D eigenvalue weighted by molar-refractivity contribution is 0.271. The van der Waals surface area contributed by atoms with Crippen LogP contribution in [0.15, 0.2) is 29.2 Å². The first-order valence-corrected chi connectivity index (χ1v) is 7.79. The number of rotatable bonds is 7. The van der Waals surface area contributed by atoms with Crippen molar-refractivity contribution in [2.24, 2.45) is 0 Å². The van der Waals surface area contributed by atoms with Crippen molar-refractivity contribution in [3.05, 3.63) is 29.8 Å². The van der Waals surface area contributed by atoms with Crippen LogP contribution in [0.4, 0.5) is 0 Å². The Morgan fingerprint density at radius 1 is 1.28 bits per heavy atom. The lowest BCUT2D eigenvalue weighted by atomic mass is 10.2. The Morgan fingerprint density at radius 3 is 2.33 bits per heavy atom. The summed E-state index contributed by atoms with van der Waals surface area (Å²) < 4.78 is 25.9. The largest absolute Gasteiger partial charge is 0.396 e. The van der Waals surface area contributed by atoms with Gasteiger partial charge in [0.05, 0.1) is 4.90 Å². The van der Waals surface area contributed by atoms with Crippen LogP contribution in [-0.2, 0) is 15.9 Å². The summed E-state index contributed by atoms with van der Waals surface area (Å²) in [6, 6.07) is 6.54. The van der Waals surface area contributed by atoms with Crippen LogP contribution < -0.4 is 0 Å². The number of hydrogen-bond donors (Lipinski definition) is 1. The number of benzene rings is 1. The van der Waals surface area contributed by atoms with Gasteiger partial charge in [-0.15, -0.1) is 11.6 Å². The molecule has 0 aliphatic carbocycles. The fourth-order valence-electron chi connectivity index (χ4n) is 1.59. The normalized spacial score (nSPS) is 12.0. The molecule has 0 aliphatic rings. The molecule has 0 amide bonds. The van der Waals surface area contributed by atoms with Crippen molar-refractivity contribution in [3.63, 3.8) is 0 Å². The maximum Gasteiger partial charge on any atom is 0.243 e. The van der Waals surface area contributed by atoms with Crippen molar-refractivity contribution in [2.45, 2.75) is 24.1 Å². The molecule has 0 saturated heterocycles. The smallest absolute Gasteiger partial charge is 0.243 e. The van der Waals surface area contributed by atoms with Crippen LogP contribution in [0, 0.1) is 0 Å². The molecule has 0 spiro atoms. The fraction of sp³-hybridized carbons (Fsp3) is 0.500. The van der Waals surface area contributed by atoms with E-state index in [4.69, 9.17) is 16.7 Å². The maximum atomic E-state index is 12.3. The molecule has 0 fully saturated rings. The van der Waals surface area contributed by atoms with E-state index < -0.39 is 10.0 Å². The molecule has 0 atom stereocenters. The first-order valence-electron chi connectivity index (χ1n) is 5.82. The van der Waals surface area contributed by atoms with E-state index in [9.17, 15) is 8.42 Å². The van der Waals surface area contributed by atoms with Gasteiger partial charge in [-0.05, 0) is 24.1 Å². The molecular weight excluding hydrogens is 274 g/mol. The molecule has 102 valence electrons. The van der Waals surface area contributed by atoms with E-state index in [2.05, 4.69) is 0 Å². The molecule has 1 aromatic rings. The van der Waals surface area contributed by atoms with Crippen LogP contribution in [0.2, 0.25) is 0 Å². The summed E-state index contributed by atoms with van der Waals surface area (Å²) in [6.07, 6.45) is 0.437. The number of aliphatic hydroxyl groups excluding tert-OH is 1. The topological polar surface area (TPSA) is 57.6 Å². The summed E-state index contributed by atoms with van der Waals surface area (Å²) in [6.45, 7) is 2.48. The quantitative estimate of drug-likeness (QED) is 0.780. The second kappa shape index (κ2) is 7.09. The molecule has 1 aromatic carbocycles. The summed E-state index contributed by atoms with van der Waals surface area (Å²) in [5.74, 6) is 0.363. The summed E-state index contributed by atoms with van der Waals surface area (Å²) in [4.78, 5) is 0.260. The Morgan fingerprint density at radius 2 is 1.89 bits per heavy atom. The molecule has 0 heterocycles. The van der Waals surface area contributed by atoms with E-state index in [0.717, 1.165) is 5.56 Å². The van der Waals surface area contributed by atoms with Crippen molar-refractivity contribution >= 4 is 21.6 Å². The minimum Gasteiger partial charge on any atom is -0.396 e. The fourth-order valence-corrected chi connectivity index (χ4v) is 3.26. The van der Waals surface area contributed by atoms with Crippen molar-refractivity contribution in [1.82, 2.24) is 4.31 Å². The standard InChI is InChI=1S/C12H18ClNO3S/c1-2-14(8-3-9-15)18(16,17)12-6-4-11(10-13)5-7-12/h4-7,15H,2-3,8-10H2,1H3. The average molecular weight is 292 g/mol. The Hall–Kier alpha value is -0.620. The van der Waals surface area contributed by atoms with Crippen LogP contribution in [0.25, 0.3) is 0 Å². The molecular formula is C12H18ClNO3S. The van der Waals surface area contributed by atoms with E-state index in [0.29, 0.717) is 25.4 Å². The Kier molecular flexibility index (Phi) is 6.08. The third kappa shape index (κ3) is 3.68. The number of nitrogens with zero attached hydrogens (tertiary/aromatic N) is 1. The minimum absolute atomic E-state index is 0.0167. The highest BCUT2D eigenvalue weighted by Crippen LogP contribution is 2.17. The number of halogens is 1. The molecule has 0 aliphatic heterocycles. The maximum absolute atomic E-state index is 12.3. The van der Waals surface area contributed by atoms with Gasteiger partial charge in [-0.1, -0.05) is 19.1 Å². The van der Waals surface area contributed by atoms with E-state index >= 15 is 0 Å². The number of alkyl halides is 1. The van der Waals surface area contributed by atoms with Crippen LogP contribution in [-0.4, -0.2) is 37.5 Å². The van der Waals surface area contributed by atoms with Gasteiger partial charge in [-0.3, -0.25) is 0 Å². The van der Waals surface area contributed by atoms with Gasteiger partial charge in [0.25, 0.3) is 0 Å². The van der Waals surface area contributed by atoms with Gasteiger partial charge in [0.15, 0.2) is 0 Å². The minimum atomic E-state index is -3.47. The predicted molar refractivity (Wildman–Crippen MR) is 72.1 cm³/mol. The van der Waals surface area contributed by atoms with Gasteiger partial charge in [0.1, 0.15) is 0 Å². The van der Waals surface area contributed by atoms with Gasteiger partial charge in [0.2, 0.25) is 10.0 Å². The lowest BCUT2D eigenvalue weighted by Gasteiger charge is -2.20. The van der Waals surface area contributed by atoms with Crippen molar-refractivity contribution in [3.8, 4) is 0 Å². The highest BCUT2D eigenvalue weighted by atomic mass is 35.5. The van der Waals surface area contributed by atoms with Crippen LogP contribution >= 0.6 is 11.6 Å². The summed E-state index contributed by atoms with van der Waals surface area (Å²) in [7, 11) is -3.47. The second-order valence-electron chi connectivity index (χ2n) is 3.85. The van der Waals surface area contributed by atoms with Gasteiger partial charge in [0, 0.05) is 25.6 Å². The molecule has 6 heteroatoms. The third-order valence-electron chi connectivity index (χ3n) is 2.63. The highest BCUT2D eigenvalue weighted by molar-refractivity contribution is 7.89. The zero-order valence-electron chi connectivity index (χ0n) is 10.3. The highest BCUT2D eigenvalue weighted by Gasteiger charge is 2.22. The van der Waals surface area contributed by atoms with Crippen LogP contribution in [0.3, 0.4) is 0 Å². The number of hydrogen-bond acceptors (Lipinski definition) is 3. The number of sulfonamides is 1. The molecule has 18 heavy (non-hydrogen) atoms. The molecule has 0 bridgehead atoms. The molecule has 0 unspecified atom stereocenters. The second-order valence-corrected chi connectivity index (χ2v) is 6.06. The van der Waals surface area contributed by atoms with Gasteiger partial charge < -0.3 is 5.11 Å². The summed E-state index contributed by atoms with van der Waals surface area (Å²) in [5, 5.41) is 8.78. The Bertz CT molecular complexity index is 459. The van der Waals surface area contributed by atoms with Gasteiger partial charge in [-0.2, -0.15) is 4.31 Å². The summed E-state index contributed by atoms with van der Waals surface area (Å²) >= 11 is 5.66. The zero-order valence-corrected chi connectivity index (χ0v) is 11.9. The first-order chi connectivity index (χ1) is 8.56. The van der Waals surface area contributed by atoms with Crippen LogP contribution in [0.1, 0.15) is 18.9 Å². The number of aliphatic hydroxyl groups is 1. The summed E-state index contributed by atoms with van der Waals surface area (Å²) in [5.41, 5.74) is 0.883. The van der Waals surface area contributed by atoms with Crippen molar-refractivity contribution < 1.29 is 13.5 Å². The van der Waals surface area contributed by atoms with E-state index in [1.807, 2.05) is 0 Å². The first kappa shape index (κ1) is 15.4. The monoisotopic (exact) mass is 291 g/mol. The van der Waals surface area contributed by atoms with Gasteiger partial charge >= 0.3 is 0 Å². The molecule has 0 saturated carbocycles. The molecule has 4 nitrogen and oxygen atoms in total. The lowest BCUT2D eigenvalue weighted by Crippen LogP contribution is -2.32. The van der Waals surface area contributed by atoms with Gasteiger partial charge in [-0.25, -0.2) is 8.42 Å². The molecule has 1 rings (SSSR count). The third-order valence-corrected chi connectivity index (χ3v) is 4.93. The van der Waals surface area contributed by atoms with E-state index in [1.54, 1.807) is 31.2 Å². The average Bonchev–Trinajstić information content (AvgIpc) is 2.39. The molecule has 1 N–H and O–H groups in total. The van der Waals surface area contributed by atoms with E-state index in [1.165, 1.54) is 4.31 Å². The van der Waals surface area contributed by atoms with E-state index in [-0.39, 0.29) is 11.5 Å². The zero-order chi connectivity index (χ0) is 13.6. The molecule has 0 radical (unpaired) electrons. The van der Waals surface area contributed by atoms with Crippen LogP contribution in [0.5, 0.6) is 0 Å². The predicted octanol–water partition coefficient (Wildman–Crippen LogP) is 1.82. The van der Waals surface area contributed by atoms with Crippen molar-refractivity contribution in [2.75, 3.05) is 19.7 Å².